The molecular formula is C29H24F2N4O3. The second kappa shape index (κ2) is 9.48. The molecule has 4 aromatic rings. The van der Waals surface area contributed by atoms with Gasteiger partial charge in [-0.05, 0) is 41.5 Å². The van der Waals surface area contributed by atoms with Crippen LogP contribution in [0.3, 0.4) is 0 Å². The van der Waals surface area contributed by atoms with Crippen LogP contribution in [0.25, 0.3) is 10.8 Å². The Morgan fingerprint density at radius 2 is 1.66 bits per heavy atom. The number of nitrogens with zero attached hydrogens (tertiary/aromatic N) is 3. The number of nitrogens with one attached hydrogen (secondary N) is 1. The highest BCUT2D eigenvalue weighted by atomic mass is 19.1. The fourth-order valence-electron chi connectivity index (χ4n) is 5.58. The average molecular weight is 515 g/mol. The largest absolute Gasteiger partial charge is 0.338 e. The van der Waals surface area contributed by atoms with Crippen LogP contribution in [0.1, 0.15) is 27.2 Å². The molecule has 0 aliphatic carbocycles. The summed E-state index contributed by atoms with van der Waals surface area (Å²) in [6.07, 6.45) is 0.305. The first-order chi connectivity index (χ1) is 18.4. The number of rotatable bonds is 5. The molecular weight excluding hydrogens is 490 g/mol. The van der Waals surface area contributed by atoms with E-state index in [9.17, 15) is 23.2 Å². The predicted octanol–water partition coefficient (Wildman–Crippen LogP) is 3.52. The van der Waals surface area contributed by atoms with Crippen molar-refractivity contribution in [2.45, 2.75) is 13.0 Å². The molecule has 2 amide bonds. The van der Waals surface area contributed by atoms with Crippen LogP contribution in [-0.4, -0.2) is 51.4 Å². The zero-order valence-corrected chi connectivity index (χ0v) is 20.4. The van der Waals surface area contributed by atoms with Crippen LogP contribution < -0.4 is 5.56 Å². The predicted molar refractivity (Wildman–Crippen MR) is 136 cm³/mol. The van der Waals surface area contributed by atoms with Gasteiger partial charge in [-0.15, -0.1) is 0 Å². The number of fused-ring (bicyclic) bond motifs is 2. The minimum atomic E-state index is -0.626. The van der Waals surface area contributed by atoms with Crippen LogP contribution in [0.2, 0.25) is 0 Å². The molecule has 7 nitrogen and oxygen atoms in total. The van der Waals surface area contributed by atoms with Gasteiger partial charge in [0.15, 0.2) is 0 Å². The van der Waals surface area contributed by atoms with Gasteiger partial charge in [-0.25, -0.2) is 13.9 Å². The number of hydrogen-bond acceptors (Lipinski definition) is 4. The normalized spacial score (nSPS) is 18.8. The molecule has 2 aliphatic rings. The molecule has 2 saturated heterocycles. The maximum absolute atomic E-state index is 14.8. The molecule has 0 spiro atoms. The summed E-state index contributed by atoms with van der Waals surface area (Å²) in [5.41, 5.74) is 1.81. The van der Waals surface area contributed by atoms with Crippen molar-refractivity contribution < 1.29 is 18.4 Å². The van der Waals surface area contributed by atoms with E-state index in [-0.39, 0.29) is 41.2 Å². The van der Waals surface area contributed by atoms with Gasteiger partial charge in [0.25, 0.3) is 11.5 Å². The van der Waals surface area contributed by atoms with E-state index in [0.29, 0.717) is 48.1 Å². The van der Waals surface area contributed by atoms with Crippen LogP contribution in [-0.2, 0) is 17.8 Å². The van der Waals surface area contributed by atoms with Crippen molar-refractivity contribution in [2.24, 2.45) is 11.8 Å². The molecule has 0 bridgehead atoms. The Bertz CT molecular complexity index is 1620. The van der Waals surface area contributed by atoms with Gasteiger partial charge in [-0.1, -0.05) is 36.4 Å². The number of carbonyl (C=O) groups excluding carboxylic acids is 2. The van der Waals surface area contributed by atoms with Crippen molar-refractivity contribution in [3.63, 3.8) is 0 Å². The Morgan fingerprint density at radius 1 is 0.921 bits per heavy atom. The summed E-state index contributed by atoms with van der Waals surface area (Å²) in [5, 5.41) is 7.88. The molecule has 192 valence electrons. The lowest BCUT2D eigenvalue weighted by Gasteiger charge is -2.22. The number of aromatic amines is 1. The number of amides is 2. The number of hydrogen-bond donors (Lipinski definition) is 1. The Kier molecular flexibility index (Phi) is 5.98. The van der Waals surface area contributed by atoms with Gasteiger partial charge in [0.05, 0.1) is 22.6 Å². The van der Waals surface area contributed by atoms with Crippen LogP contribution in [0, 0.1) is 23.5 Å². The maximum Gasteiger partial charge on any atom is 0.272 e. The van der Waals surface area contributed by atoms with E-state index in [1.54, 1.807) is 40.1 Å². The number of aromatic nitrogens is 2. The van der Waals surface area contributed by atoms with Crippen molar-refractivity contribution >= 4 is 22.6 Å². The minimum Gasteiger partial charge on any atom is -0.338 e. The van der Waals surface area contributed by atoms with E-state index < -0.39 is 11.7 Å². The Morgan fingerprint density at radius 3 is 2.42 bits per heavy atom. The summed E-state index contributed by atoms with van der Waals surface area (Å²) in [4.78, 5) is 41.7. The first-order valence-electron chi connectivity index (χ1n) is 12.4. The maximum atomic E-state index is 14.8. The van der Waals surface area contributed by atoms with Crippen LogP contribution >= 0.6 is 0 Å². The van der Waals surface area contributed by atoms with E-state index in [2.05, 4.69) is 10.2 Å². The smallest absolute Gasteiger partial charge is 0.272 e. The molecule has 2 unspecified atom stereocenters. The fourth-order valence-corrected chi connectivity index (χ4v) is 5.58. The van der Waals surface area contributed by atoms with Crippen LogP contribution in [0.15, 0.2) is 71.5 Å². The lowest BCUT2D eigenvalue weighted by atomic mass is 10.0. The lowest BCUT2D eigenvalue weighted by molar-refractivity contribution is -0.131. The quantitative estimate of drug-likeness (QED) is 0.442. The first-order valence-corrected chi connectivity index (χ1v) is 12.4. The third kappa shape index (κ3) is 4.34. The first kappa shape index (κ1) is 24.0. The highest BCUT2D eigenvalue weighted by Crippen LogP contribution is 2.34. The van der Waals surface area contributed by atoms with Crippen LogP contribution in [0.4, 0.5) is 8.78 Å². The summed E-state index contributed by atoms with van der Waals surface area (Å²) in [6.45, 7) is 1.49. The van der Waals surface area contributed by atoms with E-state index in [1.807, 2.05) is 12.1 Å². The number of likely N-dealkylation sites (tertiary alicyclic amines) is 2. The molecule has 0 saturated carbocycles. The van der Waals surface area contributed by atoms with Crippen molar-refractivity contribution in [1.82, 2.24) is 20.0 Å². The van der Waals surface area contributed by atoms with Gasteiger partial charge in [0.2, 0.25) is 5.91 Å². The molecule has 38 heavy (non-hydrogen) atoms. The van der Waals surface area contributed by atoms with Gasteiger partial charge in [-0.2, -0.15) is 5.10 Å². The van der Waals surface area contributed by atoms with Crippen LogP contribution in [0.5, 0.6) is 0 Å². The van der Waals surface area contributed by atoms with E-state index in [1.165, 1.54) is 24.3 Å². The SMILES string of the molecule is O=C(c1cc(Cc2n[nH]c(=O)c3ccccc23)ccc1F)N1CC2CN(Cc3ccc(F)cc3)C(=O)C2C1. The Balaban J connectivity index is 1.17. The van der Waals surface area contributed by atoms with Gasteiger partial charge in [0.1, 0.15) is 11.6 Å². The summed E-state index contributed by atoms with van der Waals surface area (Å²) < 4.78 is 28.0. The number of H-pyrrole nitrogens is 1. The lowest BCUT2D eigenvalue weighted by Crippen LogP contribution is -2.35. The molecule has 1 aromatic heterocycles. The molecule has 3 aromatic carbocycles. The van der Waals surface area contributed by atoms with E-state index in [4.69, 9.17) is 0 Å². The molecule has 2 atom stereocenters. The van der Waals surface area contributed by atoms with Gasteiger partial charge in [0, 0.05) is 43.9 Å². The van der Waals surface area contributed by atoms with Gasteiger partial charge >= 0.3 is 0 Å². The fraction of sp³-hybridized carbons (Fsp3) is 0.241. The second-order valence-electron chi connectivity index (χ2n) is 9.96. The molecule has 9 heteroatoms. The second-order valence-corrected chi connectivity index (χ2v) is 9.96. The number of benzene rings is 3. The van der Waals surface area contributed by atoms with Crippen molar-refractivity contribution in [1.29, 1.82) is 0 Å². The molecule has 1 N–H and O–H groups in total. The number of halogens is 2. The Hall–Kier alpha value is -4.40. The summed E-state index contributed by atoms with van der Waals surface area (Å²) >= 11 is 0. The summed E-state index contributed by atoms with van der Waals surface area (Å²) in [6, 6.07) is 17.6. The molecule has 3 heterocycles. The summed E-state index contributed by atoms with van der Waals surface area (Å²) in [7, 11) is 0. The monoisotopic (exact) mass is 514 g/mol. The van der Waals surface area contributed by atoms with E-state index in [0.717, 1.165) is 5.56 Å². The third-order valence-corrected chi connectivity index (χ3v) is 7.51. The molecule has 0 radical (unpaired) electrons. The number of carbonyl (C=O) groups is 2. The topological polar surface area (TPSA) is 86.4 Å². The van der Waals surface area contributed by atoms with Gasteiger partial charge in [-0.3, -0.25) is 14.4 Å². The summed E-state index contributed by atoms with van der Waals surface area (Å²) in [5.74, 6) is -1.81. The third-order valence-electron chi connectivity index (χ3n) is 7.51. The molecule has 6 rings (SSSR count). The van der Waals surface area contributed by atoms with E-state index >= 15 is 0 Å². The molecule has 2 aliphatic heterocycles. The van der Waals surface area contributed by atoms with Gasteiger partial charge < -0.3 is 9.80 Å². The minimum absolute atomic E-state index is 0.0325. The molecule has 2 fully saturated rings. The zero-order valence-electron chi connectivity index (χ0n) is 20.4. The van der Waals surface area contributed by atoms with Crippen molar-refractivity contribution in [3.8, 4) is 0 Å². The standard InChI is InChI=1S/C29H24F2N4O3/c30-20-8-5-17(6-9-20)13-34-14-19-15-35(16-24(19)29(34)38)28(37)23-11-18(7-10-25(23)31)12-26-21-3-1-2-4-22(21)27(36)33-32-26/h1-11,19,24H,12-16H2,(H,33,36). The van der Waals surface area contributed by atoms with Crippen molar-refractivity contribution in [3.05, 3.63) is 111 Å². The van der Waals surface area contributed by atoms with Crippen molar-refractivity contribution in [2.75, 3.05) is 19.6 Å². The highest BCUT2D eigenvalue weighted by molar-refractivity contribution is 5.96. The zero-order chi connectivity index (χ0) is 26.4. The Labute approximate surface area is 216 Å². The highest BCUT2D eigenvalue weighted by Gasteiger charge is 2.47. The average Bonchev–Trinajstić information content (AvgIpc) is 3.47.